The van der Waals surface area contributed by atoms with E-state index in [0.29, 0.717) is 0 Å². The Morgan fingerprint density at radius 1 is 0.593 bits per heavy atom. The molecular formula is C18H30Cl2N4Si2Zr. The Balaban J connectivity index is -0.000000384. The molecule has 0 aliphatic heterocycles. The molecule has 0 aliphatic carbocycles. The summed E-state index contributed by atoms with van der Waals surface area (Å²) in [5.74, 6) is 0. The van der Waals surface area contributed by atoms with Gasteiger partial charge >= 0.3 is 26.2 Å². The first-order valence-corrected chi connectivity index (χ1v) is 15.0. The van der Waals surface area contributed by atoms with Crippen molar-refractivity contribution in [2.45, 2.75) is 39.3 Å². The number of benzene rings is 2. The molecule has 2 aromatic rings. The van der Waals surface area contributed by atoms with E-state index in [2.05, 4.69) is 49.2 Å². The molecule has 0 unspecified atom stereocenters. The zero-order valence-corrected chi connectivity index (χ0v) is 22.9. The van der Waals surface area contributed by atoms with Crippen LogP contribution in [0, 0.1) is 0 Å². The van der Waals surface area contributed by atoms with E-state index in [-0.39, 0.29) is 51.0 Å². The summed E-state index contributed by atoms with van der Waals surface area (Å²) in [7, 11) is -2.77. The number of halogens is 2. The minimum absolute atomic E-state index is 0. The molecule has 0 fully saturated rings. The van der Waals surface area contributed by atoms with Gasteiger partial charge in [0.25, 0.3) is 0 Å². The third kappa shape index (κ3) is 14.2. The van der Waals surface area contributed by atoms with Gasteiger partial charge in [-0.1, -0.05) is 75.7 Å². The van der Waals surface area contributed by atoms with Crippen molar-refractivity contribution in [2.24, 2.45) is 0 Å². The number of nitrogens with zero attached hydrogens (tertiary/aromatic N) is 2. The summed E-state index contributed by atoms with van der Waals surface area (Å²) in [6, 6.07) is 15.5. The van der Waals surface area contributed by atoms with E-state index >= 15 is 0 Å². The fourth-order valence-corrected chi connectivity index (χ4v) is 3.75. The first-order valence-electron chi connectivity index (χ1n) is 8.13. The zero-order chi connectivity index (χ0) is 18.4. The first kappa shape index (κ1) is 31.2. The van der Waals surface area contributed by atoms with Crippen LogP contribution in [-0.4, -0.2) is 16.5 Å². The number of para-hydroxylation sites is 2. The number of nitrogen functional groups attached to an aromatic ring is 2. The SMILES string of the molecule is C[Si](C)(C)[N-]c1ccccc1N.C[Si](C)(C)[N-]c1ccccc1N.[Cl-].[Cl-].[Zr+4]. The second kappa shape index (κ2) is 13.7. The number of anilines is 2. The average Bonchev–Trinajstić information content (AvgIpc) is 2.42. The summed E-state index contributed by atoms with van der Waals surface area (Å²) in [5, 5.41) is 0. The maximum Gasteiger partial charge on any atom is 4.00 e. The molecule has 148 valence electrons. The fourth-order valence-electron chi connectivity index (χ4n) is 1.90. The Labute approximate surface area is 198 Å². The van der Waals surface area contributed by atoms with Crippen LogP contribution in [0.3, 0.4) is 0 Å². The van der Waals surface area contributed by atoms with E-state index in [4.69, 9.17) is 11.5 Å². The quantitative estimate of drug-likeness (QED) is 0.447. The predicted molar refractivity (Wildman–Crippen MR) is 114 cm³/mol. The molecule has 0 spiro atoms. The van der Waals surface area contributed by atoms with Crippen LogP contribution in [0.5, 0.6) is 0 Å². The van der Waals surface area contributed by atoms with Crippen molar-refractivity contribution >= 4 is 39.2 Å². The van der Waals surface area contributed by atoms with Crippen LogP contribution >= 0.6 is 0 Å². The van der Waals surface area contributed by atoms with Gasteiger partial charge in [-0.05, 0) is 28.6 Å². The number of rotatable bonds is 4. The van der Waals surface area contributed by atoms with E-state index in [0.717, 1.165) is 22.7 Å². The van der Waals surface area contributed by atoms with Crippen molar-refractivity contribution < 1.29 is 51.0 Å². The van der Waals surface area contributed by atoms with E-state index < -0.39 is 16.5 Å². The van der Waals surface area contributed by atoms with Crippen molar-refractivity contribution in [3.8, 4) is 0 Å². The molecular weight excluding hydrogens is 491 g/mol. The standard InChI is InChI=1S/2C9H15N2Si.2ClH.Zr/c2*1-12(2,3)11-9-7-5-4-6-8(9)10;;;/h2*4-7H,10H2,1-3H3;2*1H;/q2*-1;;;+4/p-2. The van der Waals surface area contributed by atoms with Gasteiger partial charge in [0.05, 0.1) is 0 Å². The number of nitrogens with two attached hydrogens (primary N) is 2. The van der Waals surface area contributed by atoms with Crippen LogP contribution in [0.1, 0.15) is 0 Å². The molecule has 0 aliphatic rings. The molecule has 0 saturated heterocycles. The monoisotopic (exact) mass is 518 g/mol. The van der Waals surface area contributed by atoms with Crippen LogP contribution in [0.15, 0.2) is 48.5 Å². The van der Waals surface area contributed by atoms with E-state index in [1.54, 1.807) is 0 Å². The largest absolute Gasteiger partial charge is 4.00 e. The van der Waals surface area contributed by atoms with Gasteiger partial charge in [-0.25, -0.2) is 0 Å². The van der Waals surface area contributed by atoms with Gasteiger partial charge in [0.15, 0.2) is 0 Å². The molecule has 0 radical (unpaired) electrons. The normalized spacial score (nSPS) is 10.0. The molecule has 4 nitrogen and oxygen atoms in total. The molecule has 27 heavy (non-hydrogen) atoms. The van der Waals surface area contributed by atoms with Crippen molar-refractivity contribution in [2.75, 3.05) is 11.5 Å². The maximum atomic E-state index is 5.76. The third-order valence-corrected chi connectivity index (χ3v) is 4.61. The van der Waals surface area contributed by atoms with Gasteiger partial charge in [0.1, 0.15) is 0 Å². The van der Waals surface area contributed by atoms with Crippen molar-refractivity contribution in [3.63, 3.8) is 0 Å². The summed E-state index contributed by atoms with van der Waals surface area (Å²) >= 11 is 0. The zero-order valence-electron chi connectivity index (χ0n) is 16.9. The molecule has 4 N–H and O–H groups in total. The molecule has 9 heteroatoms. The molecule has 0 amide bonds. The fraction of sp³-hybridized carbons (Fsp3) is 0.333. The molecule has 2 rings (SSSR count). The Kier molecular flexibility index (Phi) is 15.8. The van der Waals surface area contributed by atoms with Gasteiger partial charge in [-0.3, -0.25) is 0 Å². The summed E-state index contributed by atoms with van der Waals surface area (Å²) in [5.41, 5.74) is 15.0. The van der Waals surface area contributed by atoms with Gasteiger partial charge in [0, 0.05) is 11.4 Å². The van der Waals surface area contributed by atoms with E-state index in [9.17, 15) is 0 Å². The summed E-state index contributed by atoms with van der Waals surface area (Å²) in [6.07, 6.45) is 0. The Hall–Kier alpha value is -0.463. The van der Waals surface area contributed by atoms with Gasteiger partial charge in [-0.2, -0.15) is 0 Å². The Bertz CT molecular complexity index is 605. The van der Waals surface area contributed by atoms with E-state index in [1.807, 2.05) is 48.5 Å². The van der Waals surface area contributed by atoms with Crippen LogP contribution < -0.4 is 36.3 Å². The molecule has 0 aromatic heterocycles. The summed E-state index contributed by atoms with van der Waals surface area (Å²) in [6.45, 7) is 13.2. The van der Waals surface area contributed by atoms with Crippen LogP contribution in [0.25, 0.3) is 9.96 Å². The number of hydrogen-bond acceptors (Lipinski definition) is 2. The second-order valence-electron chi connectivity index (χ2n) is 7.68. The molecule has 0 bridgehead atoms. The van der Waals surface area contributed by atoms with Gasteiger partial charge in [0.2, 0.25) is 0 Å². The summed E-state index contributed by atoms with van der Waals surface area (Å²) in [4.78, 5) is 9.21. The van der Waals surface area contributed by atoms with Crippen LogP contribution in [0.2, 0.25) is 39.3 Å². The van der Waals surface area contributed by atoms with Crippen molar-refractivity contribution in [1.82, 2.24) is 0 Å². The molecule has 0 atom stereocenters. The van der Waals surface area contributed by atoms with Crippen molar-refractivity contribution in [1.29, 1.82) is 0 Å². The Morgan fingerprint density at radius 2 is 0.852 bits per heavy atom. The molecule has 2 aromatic carbocycles. The smallest absolute Gasteiger partial charge is 1.00 e. The summed E-state index contributed by atoms with van der Waals surface area (Å²) < 4.78 is 0. The average molecular weight is 521 g/mol. The predicted octanol–water partition coefficient (Wildman–Crippen LogP) is 0.223. The molecule has 0 heterocycles. The first-order chi connectivity index (χ1) is 11.0. The second-order valence-corrected chi connectivity index (χ2v) is 16.8. The third-order valence-electron chi connectivity index (χ3n) is 2.79. The van der Waals surface area contributed by atoms with Gasteiger partial charge in [-0.15, -0.1) is 11.4 Å². The van der Waals surface area contributed by atoms with Gasteiger partial charge < -0.3 is 46.2 Å². The minimum Gasteiger partial charge on any atom is -1.00 e. The number of hydrogen-bond donors (Lipinski definition) is 2. The van der Waals surface area contributed by atoms with Crippen molar-refractivity contribution in [3.05, 3.63) is 58.5 Å². The molecule has 0 saturated carbocycles. The van der Waals surface area contributed by atoms with Crippen LogP contribution in [-0.2, 0) is 26.2 Å². The maximum absolute atomic E-state index is 5.76. The minimum atomic E-state index is -1.38. The van der Waals surface area contributed by atoms with Crippen LogP contribution in [0.4, 0.5) is 22.7 Å². The van der Waals surface area contributed by atoms with E-state index in [1.165, 1.54) is 0 Å². The topological polar surface area (TPSA) is 80.2 Å². The Morgan fingerprint density at radius 3 is 1.07 bits per heavy atom.